The first kappa shape index (κ1) is 98.0. The zero-order chi connectivity index (χ0) is 86.4. The predicted octanol–water partition coefficient (Wildman–Crippen LogP) is 14.2. The highest BCUT2D eigenvalue weighted by Gasteiger charge is 2.39. The van der Waals surface area contributed by atoms with Gasteiger partial charge in [0.05, 0.1) is 5.75 Å². The van der Waals surface area contributed by atoms with E-state index in [1.54, 1.807) is 6.92 Å². The molecule has 0 aliphatic carbocycles. The zero-order valence-corrected chi connectivity index (χ0v) is 78.3. The molecule has 5 N–H and O–H groups in total. The first-order valence-corrected chi connectivity index (χ1v) is 53.7. The van der Waals surface area contributed by atoms with Crippen molar-refractivity contribution in [3.63, 3.8) is 0 Å². The lowest BCUT2D eigenvalue weighted by atomic mass is 9.92. The number of ether oxygens (including phenoxy) is 2. The number of nitrogens with zero attached hydrogens (tertiary/aromatic N) is 14. The number of aromatic nitrogens is 9. The monoisotopic (exact) mass is 1720 g/mol. The smallest absolute Gasteiger partial charge is 0.284 e. The molecule has 28 nitrogen and oxygen atoms in total. The second kappa shape index (κ2) is 41.9. The van der Waals surface area contributed by atoms with Crippen molar-refractivity contribution in [3.05, 3.63) is 87.2 Å². The Hall–Kier alpha value is -5.82. The Morgan fingerprint density at radius 1 is 0.487 bits per heavy atom. The summed E-state index contributed by atoms with van der Waals surface area (Å²) in [6.07, 6.45) is 4.85. The summed E-state index contributed by atoms with van der Waals surface area (Å²) in [4.78, 5) is 19.0. The maximum atomic E-state index is 14.5. The van der Waals surface area contributed by atoms with E-state index >= 15 is 0 Å². The summed E-state index contributed by atoms with van der Waals surface area (Å²) < 4.78 is 165. The first-order valence-electron chi connectivity index (χ1n) is 40.3. The lowest BCUT2D eigenvalue weighted by Gasteiger charge is -2.33. The van der Waals surface area contributed by atoms with Crippen LogP contribution in [0.4, 0.5) is 42.1 Å². The van der Waals surface area contributed by atoms with Gasteiger partial charge in [-0.2, -0.15) is 27.9 Å². The molecule has 0 radical (unpaired) electrons. The van der Waals surface area contributed by atoms with E-state index in [2.05, 4.69) is 100.0 Å². The predicted molar refractivity (Wildman–Crippen MR) is 458 cm³/mol. The largest absolute Gasteiger partial charge is 0.398 e. The van der Waals surface area contributed by atoms with Crippen molar-refractivity contribution in [1.29, 1.82) is 0 Å². The number of aromatic amines is 1. The van der Waals surface area contributed by atoms with Gasteiger partial charge >= 0.3 is 0 Å². The third kappa shape index (κ3) is 27.3. The van der Waals surface area contributed by atoms with E-state index in [0.717, 1.165) is 92.9 Å². The summed E-state index contributed by atoms with van der Waals surface area (Å²) in [5.41, 5.74) is 13.2. The number of piperidine rings is 3. The van der Waals surface area contributed by atoms with Crippen molar-refractivity contribution in [1.82, 2.24) is 72.3 Å². The summed E-state index contributed by atoms with van der Waals surface area (Å²) in [6, 6.07) is 12.0. The number of H-pyrrole nitrogens is 1. The molecule has 6 aromatic rings. The van der Waals surface area contributed by atoms with Crippen molar-refractivity contribution in [2.45, 2.75) is 274 Å². The average molecular weight is 1730 g/mol. The molecule has 0 atom stereocenters. The Morgan fingerprint density at radius 3 is 1.15 bits per heavy atom. The van der Waals surface area contributed by atoms with Gasteiger partial charge in [-0.1, -0.05) is 129 Å². The number of sulfonamides is 3. The minimum absolute atomic E-state index is 0.0336. The highest BCUT2D eigenvalue weighted by molar-refractivity contribution is 7.91. The van der Waals surface area contributed by atoms with Crippen LogP contribution in [0.2, 0.25) is 51.4 Å². The number of sulfone groups is 1. The second-order valence-electron chi connectivity index (χ2n) is 35.3. The fourth-order valence-electron chi connectivity index (χ4n) is 13.6. The maximum Gasteiger partial charge on any atom is 0.284 e. The van der Waals surface area contributed by atoms with Gasteiger partial charge in [0, 0.05) is 104 Å². The van der Waals surface area contributed by atoms with Crippen molar-refractivity contribution < 1.29 is 56.3 Å². The third-order valence-electron chi connectivity index (χ3n) is 20.8. The molecule has 3 fully saturated rings. The number of anilines is 5. The Balaban J connectivity index is 0.000000249. The topological polar surface area (TPSA) is 328 Å². The minimum atomic E-state index is -3.98. The number of nitrogens with two attached hydrogens (primary N) is 1. The Labute approximate surface area is 687 Å². The van der Waals surface area contributed by atoms with Crippen LogP contribution < -0.4 is 16.4 Å². The molecule has 0 bridgehead atoms. The summed E-state index contributed by atoms with van der Waals surface area (Å²) >= 11 is 0. The van der Waals surface area contributed by atoms with Gasteiger partial charge in [-0.3, -0.25) is 0 Å². The van der Waals surface area contributed by atoms with Crippen LogP contribution >= 0.6 is 0 Å². The van der Waals surface area contributed by atoms with Crippen LogP contribution in [-0.4, -0.2) is 241 Å². The quantitative estimate of drug-likeness (QED) is 0.0173. The molecule has 115 heavy (non-hydrogen) atoms. The highest BCUT2D eigenvalue weighted by atomic mass is 32.2. The first-order chi connectivity index (χ1) is 53.3. The lowest BCUT2D eigenvalue weighted by Crippen LogP contribution is -2.44. The third-order valence-corrected chi connectivity index (χ3v) is 31.1. The summed E-state index contributed by atoms with van der Waals surface area (Å²) in [6.45, 7) is 42.6. The van der Waals surface area contributed by atoms with E-state index < -0.39 is 61.2 Å². The maximum absolute atomic E-state index is 14.5. The van der Waals surface area contributed by atoms with E-state index in [-0.39, 0.29) is 99.5 Å². The molecular formula is C78H135F3N18O10S4Si2. The van der Waals surface area contributed by atoms with Crippen LogP contribution in [0.15, 0.2) is 57.0 Å². The van der Waals surface area contributed by atoms with E-state index in [0.29, 0.717) is 89.9 Å². The van der Waals surface area contributed by atoms with Gasteiger partial charge in [-0.15, -0.1) is 15.3 Å². The molecular weight excluding hydrogens is 1590 g/mol. The van der Waals surface area contributed by atoms with Gasteiger partial charge in [-0.05, 0) is 205 Å². The number of hydrogen-bond donors (Lipinski definition) is 4. The standard InChI is InChI=1S/C27H47FN6O3SSi.C21H33FN6O2S.C18H37N5O5S2Si.C12H18FN/c1-19(2)23-16-21(28)17-24(20(3)4)25(23)29-26-30-27(31-34(26)18-37-14-15-39(7,8)9)38(35,36)33-12-10-22(11-13-33)32(5)6;1-13(2)17-11-15(22)12-18(14(3)4)19(17)23-20-24-21(26-25-20)31(29,30)28-9-7-16(8-10-28)27(5)6;1-7-13-29(24,25)18-19-17(20-23(18)15-28-12-14-31(4,5)6)30(26,27)22-10-8-16(9-11-22)21(2)3;1-7(2)10-5-9(13)6-11(8(3)4)12(10)14/h16-17,19-20,22H,10-15,18H2,1-9H3,(H,29,30,31);11-14,16H,7-10H2,1-6H3,(H2,23,24,25,26);16H,7-15H2,1-6H3;5-8H,14H2,1-4H3. The van der Waals surface area contributed by atoms with E-state index in [4.69, 9.17) is 15.2 Å². The molecule has 3 aromatic carbocycles. The Kier molecular flexibility index (Phi) is 35.7. The van der Waals surface area contributed by atoms with E-state index in [1.165, 1.54) is 54.0 Å². The van der Waals surface area contributed by atoms with Crippen molar-refractivity contribution in [2.24, 2.45) is 0 Å². The van der Waals surface area contributed by atoms with Crippen molar-refractivity contribution in [2.75, 3.05) is 117 Å². The van der Waals surface area contributed by atoms with Crippen LogP contribution in [0, 0.1) is 17.5 Å². The van der Waals surface area contributed by atoms with Crippen LogP contribution in [0.5, 0.6) is 0 Å². The van der Waals surface area contributed by atoms with Gasteiger partial charge in [-0.25, -0.2) is 61.3 Å². The van der Waals surface area contributed by atoms with Crippen LogP contribution in [-0.2, 0) is 62.8 Å². The second-order valence-corrected chi connectivity index (χ2v) is 54.0. The van der Waals surface area contributed by atoms with Crippen LogP contribution in [0.25, 0.3) is 0 Å². The summed E-state index contributed by atoms with van der Waals surface area (Å²) in [5.74, 6) is 0.235. The molecule has 650 valence electrons. The van der Waals surface area contributed by atoms with E-state index in [9.17, 15) is 46.8 Å². The van der Waals surface area contributed by atoms with Gasteiger partial charge in [0.1, 0.15) is 30.9 Å². The van der Waals surface area contributed by atoms with Crippen LogP contribution in [0.3, 0.4) is 0 Å². The number of nitrogen functional groups attached to an aromatic ring is 1. The molecule has 3 saturated heterocycles. The molecule has 37 heteroatoms. The molecule has 3 aliphatic rings. The number of halogens is 3. The van der Waals surface area contributed by atoms with Gasteiger partial charge in [0.2, 0.25) is 26.9 Å². The average Bonchev–Trinajstić information content (AvgIpc) is 1.68. The minimum Gasteiger partial charge on any atom is -0.398 e. The number of rotatable bonds is 32. The van der Waals surface area contributed by atoms with Gasteiger partial charge in [0.15, 0.2) is 0 Å². The number of benzene rings is 3. The molecule has 0 spiro atoms. The highest BCUT2D eigenvalue weighted by Crippen LogP contribution is 2.39. The Bertz CT molecular complexity index is 4520. The SMILES string of the molecule is CC(C)c1cc(F)cc(C(C)C)c1N.CC(C)c1cc(F)cc(C(C)C)c1Nc1n[nH]c(S(=O)(=O)N2CCC(N(C)C)CC2)n1.CC(C)c1cc(F)cc(C(C)C)c1Nc1nc(S(=O)(=O)N2CCC(N(C)C)CC2)nn1COCC[Si](C)(C)C.CCCS(=O)(=O)c1nc(S(=O)(=O)N2CCC(N(C)C)CC2)nn1COCC[Si](C)(C)C. The number of nitrogens with one attached hydrogen (secondary N) is 3. The normalized spacial score (nSPS) is 16.0. The van der Waals surface area contributed by atoms with Gasteiger partial charge in [0.25, 0.3) is 45.5 Å². The molecule has 6 heterocycles. The number of hydrogen-bond acceptors (Lipinski definition) is 22. The fraction of sp³-hybridized carbons (Fsp3) is 0.692. The molecule has 3 aromatic heterocycles. The summed E-state index contributed by atoms with van der Waals surface area (Å²) in [7, 11) is -6.01. The lowest BCUT2D eigenvalue weighted by molar-refractivity contribution is 0.0708. The van der Waals surface area contributed by atoms with E-state index in [1.807, 2.05) is 125 Å². The van der Waals surface area contributed by atoms with Crippen molar-refractivity contribution in [3.8, 4) is 0 Å². The molecule has 0 saturated carbocycles. The summed E-state index contributed by atoms with van der Waals surface area (Å²) in [5, 5.41) is 20.4. The Morgan fingerprint density at radius 2 is 0.809 bits per heavy atom. The molecule has 0 amide bonds. The van der Waals surface area contributed by atoms with Crippen molar-refractivity contribution >= 4 is 85.0 Å². The molecule has 3 aliphatic heterocycles. The fourth-order valence-corrected chi connectivity index (χ4v) is 20.5. The van der Waals surface area contributed by atoms with Gasteiger partial charge < -0.3 is 40.5 Å². The zero-order valence-electron chi connectivity index (χ0n) is 73.0. The van der Waals surface area contributed by atoms with Crippen LogP contribution in [0.1, 0.15) is 204 Å². The molecule has 9 rings (SSSR count). The molecule has 0 unspecified atom stereocenters.